The first kappa shape index (κ1) is 19.6. The van der Waals surface area contributed by atoms with Gasteiger partial charge < -0.3 is 20.5 Å². The molecule has 1 aliphatic rings. The number of pyridine rings is 1. The Morgan fingerprint density at radius 2 is 1.92 bits per heavy atom. The number of H-pyrrole nitrogens is 1. The van der Waals surface area contributed by atoms with E-state index in [1.165, 1.54) is 32.1 Å². The molecule has 0 radical (unpaired) electrons. The molecule has 26 heavy (non-hydrogen) atoms. The van der Waals surface area contributed by atoms with Gasteiger partial charge in [-0.2, -0.15) is 5.10 Å². The Labute approximate surface area is 153 Å². The van der Waals surface area contributed by atoms with Gasteiger partial charge in [0.2, 0.25) is 5.88 Å². The van der Waals surface area contributed by atoms with Crippen molar-refractivity contribution in [2.75, 3.05) is 18.5 Å². The van der Waals surface area contributed by atoms with Gasteiger partial charge in [-0.05, 0) is 18.9 Å². The zero-order chi connectivity index (χ0) is 18.5. The van der Waals surface area contributed by atoms with Crippen molar-refractivity contribution >= 4 is 17.6 Å². The lowest BCUT2D eigenvalue weighted by molar-refractivity contribution is 0.193. The van der Waals surface area contributed by atoms with Crippen molar-refractivity contribution in [1.29, 1.82) is 0 Å². The van der Waals surface area contributed by atoms with Crippen LogP contribution in [-0.2, 0) is 0 Å². The van der Waals surface area contributed by atoms with E-state index in [1.54, 1.807) is 18.5 Å². The molecule has 0 aromatic carbocycles. The first-order valence-corrected chi connectivity index (χ1v) is 9.06. The van der Waals surface area contributed by atoms with Crippen LogP contribution >= 0.6 is 0 Å². The van der Waals surface area contributed by atoms with E-state index in [4.69, 9.17) is 9.84 Å². The normalized spacial score (nSPS) is 12.8. The standard InChI is InChI=1S/C13H17N5O3.C5H10/c19-13(20)15-5-1-2-8-21-12-9-10(3-6-14-12)17-11-4-7-16-18-11;1-2-4-5-3-1/h3-4,6-7,9,15H,1-2,5,8H2,(H,19,20)(H2,14,16,17,18);1-5H2. The molecule has 0 bridgehead atoms. The molecule has 1 amide bonds. The first-order valence-electron chi connectivity index (χ1n) is 9.06. The molecule has 1 aliphatic carbocycles. The van der Waals surface area contributed by atoms with Gasteiger partial charge in [0.1, 0.15) is 5.82 Å². The van der Waals surface area contributed by atoms with Gasteiger partial charge in [-0.1, -0.05) is 32.1 Å². The highest BCUT2D eigenvalue weighted by molar-refractivity contribution is 5.64. The number of hydrogen-bond acceptors (Lipinski definition) is 5. The summed E-state index contributed by atoms with van der Waals surface area (Å²) in [4.78, 5) is 14.4. The van der Waals surface area contributed by atoms with Gasteiger partial charge in [0.05, 0.1) is 12.8 Å². The van der Waals surface area contributed by atoms with Crippen LogP contribution in [0.4, 0.5) is 16.3 Å². The maximum Gasteiger partial charge on any atom is 0.404 e. The van der Waals surface area contributed by atoms with Crippen LogP contribution in [-0.4, -0.2) is 39.5 Å². The molecule has 1 fully saturated rings. The fourth-order valence-corrected chi connectivity index (χ4v) is 2.53. The second-order valence-corrected chi connectivity index (χ2v) is 6.03. The van der Waals surface area contributed by atoms with E-state index >= 15 is 0 Å². The summed E-state index contributed by atoms with van der Waals surface area (Å²) in [7, 11) is 0. The number of aromatic nitrogens is 3. The van der Waals surface area contributed by atoms with Crippen LogP contribution in [0.25, 0.3) is 0 Å². The van der Waals surface area contributed by atoms with Crippen molar-refractivity contribution < 1.29 is 14.6 Å². The average molecular weight is 361 g/mol. The Morgan fingerprint density at radius 3 is 2.58 bits per heavy atom. The van der Waals surface area contributed by atoms with Crippen LogP contribution in [0.5, 0.6) is 5.88 Å². The summed E-state index contributed by atoms with van der Waals surface area (Å²) in [5.74, 6) is 1.30. The number of amides is 1. The summed E-state index contributed by atoms with van der Waals surface area (Å²) in [5, 5.41) is 20.5. The quantitative estimate of drug-likeness (QED) is 0.530. The molecule has 142 valence electrons. The highest BCUT2D eigenvalue weighted by Crippen LogP contribution is 2.18. The zero-order valence-corrected chi connectivity index (χ0v) is 14.9. The van der Waals surface area contributed by atoms with E-state index in [0.29, 0.717) is 19.0 Å². The third-order valence-corrected chi connectivity index (χ3v) is 3.86. The Kier molecular flexibility index (Phi) is 8.82. The van der Waals surface area contributed by atoms with Crippen molar-refractivity contribution in [3.05, 3.63) is 30.6 Å². The van der Waals surface area contributed by atoms with Crippen molar-refractivity contribution in [1.82, 2.24) is 20.5 Å². The van der Waals surface area contributed by atoms with Crippen LogP contribution in [0.2, 0.25) is 0 Å². The van der Waals surface area contributed by atoms with E-state index in [-0.39, 0.29) is 0 Å². The maximum absolute atomic E-state index is 10.3. The van der Waals surface area contributed by atoms with Gasteiger partial charge in [0.15, 0.2) is 0 Å². The Balaban J connectivity index is 0.000000417. The zero-order valence-electron chi connectivity index (χ0n) is 14.9. The number of carbonyl (C=O) groups is 1. The third kappa shape index (κ3) is 8.36. The third-order valence-electron chi connectivity index (χ3n) is 3.86. The highest BCUT2D eigenvalue weighted by Gasteiger charge is 2.00. The molecule has 0 spiro atoms. The van der Waals surface area contributed by atoms with Gasteiger partial charge >= 0.3 is 6.09 Å². The Hall–Kier alpha value is -2.77. The van der Waals surface area contributed by atoms with Gasteiger partial charge in [0, 0.05) is 30.6 Å². The molecule has 0 atom stereocenters. The monoisotopic (exact) mass is 361 g/mol. The van der Waals surface area contributed by atoms with Crippen molar-refractivity contribution in [3.8, 4) is 5.88 Å². The molecular formula is C18H27N5O3. The van der Waals surface area contributed by atoms with E-state index in [0.717, 1.165) is 24.3 Å². The molecule has 8 nitrogen and oxygen atoms in total. The summed E-state index contributed by atoms with van der Waals surface area (Å²) in [6.45, 7) is 0.912. The molecule has 0 aliphatic heterocycles. The second kappa shape index (κ2) is 11.7. The minimum atomic E-state index is -1.00. The minimum Gasteiger partial charge on any atom is -0.478 e. The number of hydrogen-bond donors (Lipinski definition) is 4. The van der Waals surface area contributed by atoms with Crippen LogP contribution < -0.4 is 15.4 Å². The lowest BCUT2D eigenvalue weighted by Gasteiger charge is -2.08. The molecule has 2 heterocycles. The maximum atomic E-state index is 10.3. The Bertz CT molecular complexity index is 622. The van der Waals surface area contributed by atoms with Crippen LogP contribution in [0.15, 0.2) is 30.6 Å². The van der Waals surface area contributed by atoms with Crippen molar-refractivity contribution in [3.63, 3.8) is 0 Å². The van der Waals surface area contributed by atoms with Gasteiger partial charge in [0.25, 0.3) is 0 Å². The fraction of sp³-hybridized carbons (Fsp3) is 0.500. The predicted molar refractivity (Wildman–Crippen MR) is 99.9 cm³/mol. The largest absolute Gasteiger partial charge is 0.478 e. The molecule has 0 saturated heterocycles. The molecule has 2 aromatic heterocycles. The second-order valence-electron chi connectivity index (χ2n) is 6.03. The number of nitrogens with one attached hydrogen (secondary N) is 3. The molecular weight excluding hydrogens is 334 g/mol. The molecule has 4 N–H and O–H groups in total. The predicted octanol–water partition coefficient (Wildman–Crippen LogP) is 3.93. The molecule has 0 unspecified atom stereocenters. The van der Waals surface area contributed by atoms with E-state index in [2.05, 4.69) is 25.8 Å². The molecule has 2 aromatic rings. The van der Waals surface area contributed by atoms with Crippen LogP contribution in [0, 0.1) is 0 Å². The van der Waals surface area contributed by atoms with Gasteiger partial charge in [-0.15, -0.1) is 0 Å². The molecule has 3 rings (SSSR count). The number of ether oxygens (including phenoxy) is 1. The smallest absolute Gasteiger partial charge is 0.404 e. The highest BCUT2D eigenvalue weighted by atomic mass is 16.5. The fourth-order valence-electron chi connectivity index (χ4n) is 2.53. The van der Waals surface area contributed by atoms with E-state index in [1.807, 2.05) is 12.1 Å². The van der Waals surface area contributed by atoms with E-state index in [9.17, 15) is 4.79 Å². The summed E-state index contributed by atoms with van der Waals surface area (Å²) >= 11 is 0. The van der Waals surface area contributed by atoms with E-state index < -0.39 is 6.09 Å². The van der Waals surface area contributed by atoms with Crippen LogP contribution in [0.3, 0.4) is 0 Å². The minimum absolute atomic E-state index is 0.424. The molecule has 1 saturated carbocycles. The SMILES string of the molecule is C1CCCC1.O=C(O)NCCCCOc1cc(Nc2ccn[nH]2)ccn1. The first-order chi connectivity index (χ1) is 12.7. The van der Waals surface area contributed by atoms with Crippen molar-refractivity contribution in [2.24, 2.45) is 0 Å². The van der Waals surface area contributed by atoms with Gasteiger partial charge in [-0.3, -0.25) is 5.10 Å². The summed E-state index contributed by atoms with van der Waals surface area (Å²) in [6.07, 6.45) is 11.3. The number of carboxylic acid groups (broad SMARTS) is 1. The number of aromatic amines is 1. The summed E-state index contributed by atoms with van der Waals surface area (Å²) < 4.78 is 5.52. The van der Waals surface area contributed by atoms with Crippen molar-refractivity contribution in [2.45, 2.75) is 44.9 Å². The van der Waals surface area contributed by atoms with Crippen LogP contribution in [0.1, 0.15) is 44.9 Å². The number of anilines is 2. The average Bonchev–Trinajstić information content (AvgIpc) is 3.34. The summed E-state index contributed by atoms with van der Waals surface area (Å²) in [5.41, 5.74) is 0.844. The molecule has 8 heteroatoms. The topological polar surface area (TPSA) is 112 Å². The number of nitrogens with zero attached hydrogens (tertiary/aromatic N) is 2. The number of unbranched alkanes of at least 4 members (excludes halogenated alkanes) is 1. The lowest BCUT2D eigenvalue weighted by atomic mass is 10.3. The number of rotatable bonds is 8. The Morgan fingerprint density at radius 1 is 1.15 bits per heavy atom. The van der Waals surface area contributed by atoms with Gasteiger partial charge in [-0.25, -0.2) is 9.78 Å². The lowest BCUT2D eigenvalue weighted by Crippen LogP contribution is -2.22. The summed E-state index contributed by atoms with van der Waals surface area (Å²) in [6, 6.07) is 5.43.